The zero-order valence-electron chi connectivity index (χ0n) is 9.70. The second-order valence-electron chi connectivity index (χ2n) is 5.90. The Kier molecular flexibility index (Phi) is 2.87. The summed E-state index contributed by atoms with van der Waals surface area (Å²) in [5, 5.41) is 11.0. The first-order valence-corrected chi connectivity index (χ1v) is 8.77. The van der Waals surface area contributed by atoms with Crippen molar-refractivity contribution in [3.05, 3.63) is 0 Å². The Labute approximate surface area is 89.6 Å². The molecular weight excluding hydrogens is 192 g/mol. The van der Waals surface area contributed by atoms with Crippen LogP contribution in [0.25, 0.3) is 0 Å². The molecule has 0 radical (unpaired) electrons. The zero-order chi connectivity index (χ0) is 10.3. The topological polar surface area (TPSA) is 20.2 Å². The maximum atomic E-state index is 10.3. The van der Waals surface area contributed by atoms with Gasteiger partial charge in [0, 0.05) is 5.25 Å². The quantitative estimate of drug-likeness (QED) is 0.714. The van der Waals surface area contributed by atoms with E-state index in [1.165, 1.54) is 32.1 Å². The fourth-order valence-corrected chi connectivity index (χ4v) is 5.26. The summed E-state index contributed by atoms with van der Waals surface area (Å²) in [5.41, 5.74) is 0. The number of aliphatic hydroxyl groups excluding tert-OH is 1. The second kappa shape index (κ2) is 3.71. The molecule has 0 aromatic rings. The predicted molar refractivity (Wildman–Crippen MR) is 65.2 cm³/mol. The van der Waals surface area contributed by atoms with Gasteiger partial charge in [-0.3, -0.25) is 0 Å². The molecule has 2 fully saturated rings. The molecule has 0 spiro atoms. The van der Waals surface area contributed by atoms with Crippen molar-refractivity contribution < 1.29 is 5.11 Å². The average Bonchev–Trinajstić information content (AvgIpc) is 2.44. The van der Waals surface area contributed by atoms with Crippen LogP contribution in [0.1, 0.15) is 32.1 Å². The van der Waals surface area contributed by atoms with E-state index in [1.807, 2.05) is 0 Å². The van der Waals surface area contributed by atoms with Gasteiger partial charge in [0.05, 0.1) is 6.10 Å². The van der Waals surface area contributed by atoms with Gasteiger partial charge in [0.2, 0.25) is 0 Å². The average molecular weight is 216 g/mol. The van der Waals surface area contributed by atoms with Crippen molar-refractivity contribution in [2.45, 2.75) is 43.5 Å². The summed E-state index contributed by atoms with van der Waals surface area (Å²) < 4.78 is 0. The lowest BCUT2D eigenvalue weighted by molar-refractivity contribution is 0.0985. The van der Waals surface area contributed by atoms with Crippen molar-refractivity contribution in [3.63, 3.8) is 0 Å². The molecule has 2 heteroatoms. The lowest BCUT2D eigenvalue weighted by atomic mass is 9.81. The third-order valence-electron chi connectivity index (χ3n) is 4.23. The largest absolute Gasteiger partial charge is 0.392 e. The summed E-state index contributed by atoms with van der Waals surface area (Å²) in [6.45, 7) is 0. The SMILES string of the molecule is CS(C)(C)C1CC2CCCCC2C1O. The van der Waals surface area contributed by atoms with Crippen LogP contribution in [0.4, 0.5) is 0 Å². The van der Waals surface area contributed by atoms with Gasteiger partial charge in [-0.1, -0.05) is 19.3 Å². The van der Waals surface area contributed by atoms with E-state index in [0.717, 1.165) is 5.92 Å². The Morgan fingerprint density at radius 2 is 1.71 bits per heavy atom. The fourth-order valence-electron chi connectivity index (χ4n) is 3.40. The van der Waals surface area contributed by atoms with Crippen LogP contribution < -0.4 is 0 Å². The van der Waals surface area contributed by atoms with E-state index in [2.05, 4.69) is 18.8 Å². The molecule has 1 N–H and O–H groups in total. The minimum atomic E-state index is -0.560. The fraction of sp³-hybridized carbons (Fsp3) is 1.00. The monoisotopic (exact) mass is 216 g/mol. The third-order valence-corrected chi connectivity index (χ3v) is 6.52. The minimum absolute atomic E-state index is 0.0234. The van der Waals surface area contributed by atoms with Gasteiger partial charge in [-0.25, -0.2) is 10.0 Å². The maximum Gasteiger partial charge on any atom is 0.0674 e. The molecule has 0 aromatic carbocycles. The van der Waals surface area contributed by atoms with E-state index in [9.17, 15) is 5.11 Å². The van der Waals surface area contributed by atoms with Gasteiger partial charge in [-0.15, -0.1) is 0 Å². The normalized spacial score (nSPS) is 44.9. The molecule has 4 atom stereocenters. The molecule has 4 unspecified atom stereocenters. The summed E-state index contributed by atoms with van der Waals surface area (Å²) in [6.07, 6.45) is 13.8. The predicted octanol–water partition coefficient (Wildman–Crippen LogP) is 2.62. The van der Waals surface area contributed by atoms with Crippen LogP contribution in [0.2, 0.25) is 0 Å². The molecule has 1 nitrogen and oxygen atoms in total. The lowest BCUT2D eigenvalue weighted by Crippen LogP contribution is -2.30. The Balaban J connectivity index is 2.10. The van der Waals surface area contributed by atoms with E-state index < -0.39 is 10.0 Å². The molecule has 14 heavy (non-hydrogen) atoms. The van der Waals surface area contributed by atoms with Crippen molar-refractivity contribution in [2.75, 3.05) is 18.8 Å². The van der Waals surface area contributed by atoms with Crippen LogP contribution >= 0.6 is 10.0 Å². The molecule has 0 saturated heterocycles. The summed E-state index contributed by atoms with van der Waals surface area (Å²) in [6, 6.07) is 0. The Hall–Kier alpha value is 0.310. The molecule has 0 bridgehead atoms. The molecule has 0 heterocycles. The summed E-state index contributed by atoms with van der Waals surface area (Å²) in [5.74, 6) is 1.51. The number of rotatable bonds is 1. The van der Waals surface area contributed by atoms with Crippen LogP contribution in [0.3, 0.4) is 0 Å². The summed E-state index contributed by atoms with van der Waals surface area (Å²) >= 11 is 0. The van der Waals surface area contributed by atoms with Gasteiger partial charge >= 0.3 is 0 Å². The lowest BCUT2D eigenvalue weighted by Gasteiger charge is -2.36. The highest BCUT2D eigenvalue weighted by atomic mass is 32.3. The molecule has 2 aliphatic rings. The zero-order valence-corrected chi connectivity index (χ0v) is 10.5. The van der Waals surface area contributed by atoms with Gasteiger partial charge < -0.3 is 5.11 Å². The molecule has 0 aromatic heterocycles. The van der Waals surface area contributed by atoms with E-state index >= 15 is 0 Å². The molecule has 0 aliphatic heterocycles. The van der Waals surface area contributed by atoms with Crippen LogP contribution in [0.5, 0.6) is 0 Å². The van der Waals surface area contributed by atoms with Gasteiger partial charge in [-0.2, -0.15) is 0 Å². The molecule has 2 aliphatic carbocycles. The molecular formula is C12H24OS. The van der Waals surface area contributed by atoms with Crippen molar-refractivity contribution in [1.29, 1.82) is 0 Å². The number of aliphatic hydroxyl groups is 1. The standard InChI is InChI=1S/C12H24OS/c1-14(2,3)11-8-9-6-4-5-7-10(9)12(11)13/h9-13H,4-8H2,1-3H3. The van der Waals surface area contributed by atoms with Crippen LogP contribution in [0, 0.1) is 11.8 Å². The highest BCUT2D eigenvalue weighted by Crippen LogP contribution is 2.55. The second-order valence-corrected chi connectivity index (χ2v) is 10.4. The van der Waals surface area contributed by atoms with E-state index in [1.54, 1.807) is 0 Å². The van der Waals surface area contributed by atoms with Crippen LogP contribution in [-0.4, -0.2) is 35.2 Å². The number of hydrogen-bond donors (Lipinski definition) is 1. The van der Waals surface area contributed by atoms with E-state index in [0.29, 0.717) is 11.2 Å². The first kappa shape index (κ1) is 10.8. The Bertz CT molecular complexity index is 209. The van der Waals surface area contributed by atoms with Crippen molar-refractivity contribution in [1.82, 2.24) is 0 Å². The Morgan fingerprint density at radius 3 is 2.29 bits per heavy atom. The van der Waals surface area contributed by atoms with Crippen molar-refractivity contribution >= 4 is 10.0 Å². The maximum absolute atomic E-state index is 10.3. The first-order valence-electron chi connectivity index (χ1n) is 5.85. The van der Waals surface area contributed by atoms with Gasteiger partial charge in [-0.05, 0) is 43.4 Å². The molecule has 0 amide bonds. The third kappa shape index (κ3) is 1.83. The molecule has 2 rings (SSSR count). The smallest absolute Gasteiger partial charge is 0.0674 e. The van der Waals surface area contributed by atoms with Crippen LogP contribution in [-0.2, 0) is 0 Å². The Morgan fingerprint density at radius 1 is 1.07 bits per heavy atom. The first-order chi connectivity index (χ1) is 6.50. The van der Waals surface area contributed by atoms with Gasteiger partial charge in [0.25, 0.3) is 0 Å². The van der Waals surface area contributed by atoms with Crippen molar-refractivity contribution in [2.24, 2.45) is 11.8 Å². The van der Waals surface area contributed by atoms with Gasteiger partial charge in [0.1, 0.15) is 0 Å². The van der Waals surface area contributed by atoms with Crippen LogP contribution in [0.15, 0.2) is 0 Å². The highest BCUT2D eigenvalue weighted by Gasteiger charge is 2.45. The number of fused-ring (bicyclic) bond motifs is 1. The van der Waals surface area contributed by atoms with E-state index in [-0.39, 0.29) is 6.10 Å². The van der Waals surface area contributed by atoms with Gasteiger partial charge in [0.15, 0.2) is 0 Å². The number of hydrogen-bond acceptors (Lipinski definition) is 1. The molecule has 84 valence electrons. The summed E-state index contributed by atoms with van der Waals surface area (Å²) in [7, 11) is -0.560. The summed E-state index contributed by atoms with van der Waals surface area (Å²) in [4.78, 5) is 0. The minimum Gasteiger partial charge on any atom is -0.392 e. The molecule has 2 saturated carbocycles. The van der Waals surface area contributed by atoms with Crippen molar-refractivity contribution in [3.8, 4) is 0 Å². The highest BCUT2D eigenvalue weighted by molar-refractivity contribution is 8.32. The van der Waals surface area contributed by atoms with E-state index in [4.69, 9.17) is 0 Å².